The predicted octanol–water partition coefficient (Wildman–Crippen LogP) is 17.3. The lowest BCUT2D eigenvalue weighted by atomic mass is 9.99. The molecular formula is C54H104O6. The zero-order chi connectivity index (χ0) is 44.0. The van der Waals surface area contributed by atoms with Crippen LogP contribution in [-0.4, -0.2) is 37.2 Å². The summed E-state index contributed by atoms with van der Waals surface area (Å²) < 4.78 is 16.7. The molecule has 0 bridgehead atoms. The Labute approximate surface area is 374 Å². The van der Waals surface area contributed by atoms with E-state index in [9.17, 15) is 14.4 Å². The summed E-state index contributed by atoms with van der Waals surface area (Å²) in [6, 6.07) is 0. The van der Waals surface area contributed by atoms with E-state index in [0.29, 0.717) is 19.3 Å². The number of carbonyl (C=O) groups is 3. The Morgan fingerprint density at radius 1 is 0.350 bits per heavy atom. The molecule has 0 aromatic heterocycles. The van der Waals surface area contributed by atoms with E-state index >= 15 is 0 Å². The number of rotatable bonds is 48. The van der Waals surface area contributed by atoms with Crippen LogP contribution in [-0.2, 0) is 28.6 Å². The van der Waals surface area contributed by atoms with Crippen LogP contribution < -0.4 is 0 Å². The van der Waals surface area contributed by atoms with E-state index < -0.39 is 6.10 Å². The molecule has 0 saturated carbocycles. The minimum atomic E-state index is -0.759. The van der Waals surface area contributed by atoms with Gasteiger partial charge < -0.3 is 14.2 Å². The Kier molecular flexibility index (Phi) is 45.7. The van der Waals surface area contributed by atoms with Crippen molar-refractivity contribution >= 4 is 17.9 Å². The van der Waals surface area contributed by atoms with Gasteiger partial charge in [0.1, 0.15) is 13.2 Å². The van der Waals surface area contributed by atoms with Gasteiger partial charge in [-0.25, -0.2) is 0 Å². The normalized spacial score (nSPS) is 12.5. The van der Waals surface area contributed by atoms with Crippen molar-refractivity contribution < 1.29 is 28.6 Å². The fourth-order valence-electron chi connectivity index (χ4n) is 8.13. The number of hydrogen-bond acceptors (Lipinski definition) is 6. The van der Waals surface area contributed by atoms with Crippen LogP contribution >= 0.6 is 0 Å². The van der Waals surface area contributed by atoms with E-state index in [1.165, 1.54) is 180 Å². The third kappa shape index (κ3) is 45.9. The second-order valence-electron chi connectivity index (χ2n) is 19.2. The molecule has 0 rings (SSSR count). The first-order valence-electron chi connectivity index (χ1n) is 26.8. The van der Waals surface area contributed by atoms with Gasteiger partial charge in [-0.15, -0.1) is 0 Å². The van der Waals surface area contributed by atoms with Gasteiger partial charge in [-0.1, -0.05) is 259 Å². The van der Waals surface area contributed by atoms with Crippen LogP contribution in [0.1, 0.15) is 298 Å². The topological polar surface area (TPSA) is 78.9 Å². The van der Waals surface area contributed by atoms with Crippen molar-refractivity contribution in [2.75, 3.05) is 13.2 Å². The second-order valence-corrected chi connectivity index (χ2v) is 19.2. The van der Waals surface area contributed by atoms with Crippen molar-refractivity contribution in [3.8, 4) is 0 Å². The summed E-state index contributed by atoms with van der Waals surface area (Å²) in [6.07, 6.45) is 48.4. The Morgan fingerprint density at radius 3 is 0.950 bits per heavy atom. The number of esters is 3. The summed E-state index contributed by atoms with van der Waals surface area (Å²) in [5.41, 5.74) is 0. The Hall–Kier alpha value is -1.59. The van der Waals surface area contributed by atoms with E-state index in [1.54, 1.807) is 0 Å². The molecular weight excluding hydrogens is 745 g/mol. The molecule has 0 fully saturated rings. The lowest BCUT2D eigenvalue weighted by Gasteiger charge is -2.18. The van der Waals surface area contributed by atoms with Crippen molar-refractivity contribution in [1.29, 1.82) is 0 Å². The summed E-state index contributed by atoms with van der Waals surface area (Å²) in [7, 11) is 0. The number of ether oxygens (including phenoxy) is 3. The quantitative estimate of drug-likeness (QED) is 0.0345. The molecule has 0 aliphatic carbocycles. The minimum absolute atomic E-state index is 0.0648. The van der Waals surface area contributed by atoms with Crippen LogP contribution in [0.15, 0.2) is 0 Å². The standard InChI is InChI=1S/C54H104O6/c1-6-8-9-32-41-46-54(57)60-51(48-59-53(56)45-40-36-31-27-23-19-15-14-17-21-25-29-34-38-43-50(5)7-2)47-58-52(55)44-39-35-30-26-22-18-13-11-10-12-16-20-24-28-33-37-42-49(3)4/h49-51H,6-48H2,1-5H3/t50?,51-/m0/s1. The van der Waals surface area contributed by atoms with Crippen molar-refractivity contribution in [2.45, 2.75) is 304 Å². The summed E-state index contributed by atoms with van der Waals surface area (Å²) in [5, 5.41) is 0. The smallest absolute Gasteiger partial charge is 0.306 e. The van der Waals surface area contributed by atoms with Crippen LogP contribution in [0.4, 0.5) is 0 Å². The predicted molar refractivity (Wildman–Crippen MR) is 256 cm³/mol. The van der Waals surface area contributed by atoms with Gasteiger partial charge in [0.05, 0.1) is 0 Å². The molecule has 0 aliphatic heterocycles. The molecule has 0 aliphatic rings. The van der Waals surface area contributed by atoms with Crippen LogP contribution in [0.3, 0.4) is 0 Å². The second kappa shape index (κ2) is 46.9. The Bertz CT molecular complexity index is 918. The van der Waals surface area contributed by atoms with E-state index in [2.05, 4.69) is 34.6 Å². The molecule has 1 unspecified atom stereocenters. The molecule has 0 N–H and O–H groups in total. The zero-order valence-corrected chi connectivity index (χ0v) is 41.1. The van der Waals surface area contributed by atoms with E-state index in [4.69, 9.17) is 14.2 Å². The summed E-state index contributed by atoms with van der Waals surface area (Å²) in [6.45, 7) is 11.4. The SMILES string of the molecule is CCCCCCCC(=O)O[C@@H](COC(=O)CCCCCCCCCCCCCCCCCCC(C)C)COC(=O)CCCCCCCCCCCCCCCCC(C)CC. The highest BCUT2D eigenvalue weighted by molar-refractivity contribution is 5.71. The van der Waals surface area contributed by atoms with Gasteiger partial charge in [0.15, 0.2) is 6.10 Å². The highest BCUT2D eigenvalue weighted by atomic mass is 16.6. The van der Waals surface area contributed by atoms with Gasteiger partial charge in [-0.2, -0.15) is 0 Å². The molecule has 356 valence electrons. The number of carbonyl (C=O) groups excluding carboxylic acids is 3. The number of unbranched alkanes of at least 4 members (excludes halogenated alkanes) is 32. The highest BCUT2D eigenvalue weighted by Crippen LogP contribution is 2.18. The lowest BCUT2D eigenvalue weighted by molar-refractivity contribution is -0.167. The Morgan fingerprint density at radius 2 is 0.633 bits per heavy atom. The first kappa shape index (κ1) is 58.4. The van der Waals surface area contributed by atoms with Crippen LogP contribution in [0, 0.1) is 11.8 Å². The molecule has 60 heavy (non-hydrogen) atoms. The van der Waals surface area contributed by atoms with Crippen molar-refractivity contribution in [3.63, 3.8) is 0 Å². The number of hydrogen-bond donors (Lipinski definition) is 0. The molecule has 0 spiro atoms. The van der Waals surface area contributed by atoms with E-state index in [-0.39, 0.29) is 31.1 Å². The van der Waals surface area contributed by atoms with Crippen molar-refractivity contribution in [1.82, 2.24) is 0 Å². The fraction of sp³-hybridized carbons (Fsp3) is 0.944. The van der Waals surface area contributed by atoms with Crippen LogP contribution in [0.25, 0.3) is 0 Å². The minimum Gasteiger partial charge on any atom is -0.462 e. The Balaban J connectivity index is 4.03. The van der Waals surface area contributed by atoms with E-state index in [0.717, 1.165) is 76.0 Å². The third-order valence-electron chi connectivity index (χ3n) is 12.6. The van der Waals surface area contributed by atoms with Crippen LogP contribution in [0.5, 0.6) is 0 Å². The fourth-order valence-corrected chi connectivity index (χ4v) is 8.13. The van der Waals surface area contributed by atoms with Gasteiger partial charge in [0.2, 0.25) is 0 Å². The van der Waals surface area contributed by atoms with Gasteiger partial charge >= 0.3 is 17.9 Å². The first-order valence-corrected chi connectivity index (χ1v) is 26.8. The van der Waals surface area contributed by atoms with Crippen molar-refractivity contribution in [2.24, 2.45) is 11.8 Å². The van der Waals surface area contributed by atoms with Gasteiger partial charge in [0.25, 0.3) is 0 Å². The molecule has 0 heterocycles. The molecule has 6 heteroatoms. The third-order valence-corrected chi connectivity index (χ3v) is 12.6. The average Bonchev–Trinajstić information content (AvgIpc) is 3.23. The van der Waals surface area contributed by atoms with Gasteiger partial charge in [0, 0.05) is 19.3 Å². The maximum absolute atomic E-state index is 12.6. The largest absolute Gasteiger partial charge is 0.462 e. The zero-order valence-electron chi connectivity index (χ0n) is 41.1. The summed E-state index contributed by atoms with van der Waals surface area (Å²) >= 11 is 0. The lowest BCUT2D eigenvalue weighted by Crippen LogP contribution is -2.30. The summed E-state index contributed by atoms with van der Waals surface area (Å²) in [4.78, 5) is 37.7. The monoisotopic (exact) mass is 849 g/mol. The molecule has 2 atom stereocenters. The van der Waals surface area contributed by atoms with E-state index in [1.807, 2.05) is 0 Å². The molecule has 6 nitrogen and oxygen atoms in total. The van der Waals surface area contributed by atoms with Gasteiger partial charge in [-0.05, 0) is 31.1 Å². The molecule has 0 radical (unpaired) electrons. The highest BCUT2D eigenvalue weighted by Gasteiger charge is 2.19. The molecule has 0 amide bonds. The molecule has 0 saturated heterocycles. The maximum Gasteiger partial charge on any atom is 0.306 e. The first-order chi connectivity index (χ1) is 29.3. The maximum atomic E-state index is 12.6. The molecule has 0 aromatic rings. The van der Waals surface area contributed by atoms with Crippen molar-refractivity contribution in [3.05, 3.63) is 0 Å². The summed E-state index contributed by atoms with van der Waals surface area (Å²) in [5.74, 6) is 0.888. The van der Waals surface area contributed by atoms with Gasteiger partial charge in [-0.3, -0.25) is 14.4 Å². The molecule has 0 aromatic carbocycles. The van der Waals surface area contributed by atoms with Crippen LogP contribution in [0.2, 0.25) is 0 Å². The average molecular weight is 849 g/mol.